The van der Waals surface area contributed by atoms with E-state index in [2.05, 4.69) is 48.5 Å². The Bertz CT molecular complexity index is 323. The standard InChI is InChI=1S/C4H8O.6C4H9.2Sn/c1-4(2)3-5;6*1-3-4-2;;/h1,4-5H,3H2,2H3;6*1,3-4H2,2H3;;. The van der Waals surface area contributed by atoms with E-state index in [1.54, 1.807) is 26.6 Å². The summed E-state index contributed by atoms with van der Waals surface area (Å²) in [6, 6.07) is 0. The van der Waals surface area contributed by atoms with Crippen LogP contribution in [0.1, 0.15) is 126 Å². The molecule has 0 bridgehead atoms. The third kappa shape index (κ3) is 11.2. The molecule has 31 heavy (non-hydrogen) atoms. The summed E-state index contributed by atoms with van der Waals surface area (Å²) in [5.41, 5.74) is 0. The summed E-state index contributed by atoms with van der Waals surface area (Å²) < 4.78 is 10.9. The van der Waals surface area contributed by atoms with Crippen LogP contribution in [-0.4, -0.2) is 48.5 Å². The zero-order chi connectivity index (χ0) is 23.6. The van der Waals surface area contributed by atoms with Gasteiger partial charge in [0.25, 0.3) is 0 Å². The molecule has 0 aliphatic rings. The molecule has 0 rings (SSSR count). The number of aliphatic hydroxyl groups is 1. The molecule has 0 saturated heterocycles. The van der Waals surface area contributed by atoms with Gasteiger partial charge in [0.15, 0.2) is 0 Å². The van der Waals surface area contributed by atoms with E-state index in [1.165, 1.54) is 77.0 Å². The van der Waals surface area contributed by atoms with Crippen LogP contribution in [0.15, 0.2) is 0 Å². The number of rotatable bonds is 22. The van der Waals surface area contributed by atoms with E-state index in [-0.39, 0.29) is 0 Å². The van der Waals surface area contributed by atoms with Gasteiger partial charge in [-0.25, -0.2) is 0 Å². The average Bonchev–Trinajstić information content (AvgIpc) is 2.80. The maximum absolute atomic E-state index is 10.7. The molecule has 1 N–H and O–H groups in total. The van der Waals surface area contributed by atoms with Crippen LogP contribution in [0.3, 0.4) is 0 Å². The minimum atomic E-state index is -2.41. The van der Waals surface area contributed by atoms with E-state index in [1.807, 2.05) is 0 Å². The molecule has 0 amide bonds. The second-order valence-corrected chi connectivity index (χ2v) is 43.4. The molecule has 0 aromatic rings. The second kappa shape index (κ2) is 19.8. The fourth-order valence-electron chi connectivity index (χ4n) is 6.82. The number of unbranched alkanes of at least 4 members (excludes halogenated alkanes) is 6. The van der Waals surface area contributed by atoms with Gasteiger partial charge >= 0.3 is 208 Å². The molecule has 0 spiro atoms. The van der Waals surface area contributed by atoms with Crippen LogP contribution in [0, 0.1) is 5.92 Å². The Morgan fingerprint density at radius 2 is 0.710 bits per heavy atom. The van der Waals surface area contributed by atoms with Crippen molar-refractivity contribution in [3.05, 3.63) is 0 Å². The quantitative estimate of drug-likeness (QED) is 0.116. The first-order valence-electron chi connectivity index (χ1n) is 14.6. The predicted octanol–water partition coefficient (Wildman–Crippen LogP) is 10.2. The summed E-state index contributed by atoms with van der Waals surface area (Å²) >= 11 is -4.83. The van der Waals surface area contributed by atoms with Crippen molar-refractivity contribution in [3.8, 4) is 0 Å². The van der Waals surface area contributed by atoms with Gasteiger partial charge in [0, 0.05) is 0 Å². The first kappa shape index (κ1) is 32.6. The van der Waals surface area contributed by atoms with E-state index in [9.17, 15) is 5.11 Å². The average molecular weight is 652 g/mol. The molecule has 0 aromatic heterocycles. The molecular weight excluding hydrogens is 590 g/mol. The zero-order valence-electron chi connectivity index (χ0n) is 23.0. The summed E-state index contributed by atoms with van der Waals surface area (Å²) in [4.78, 5) is 0. The normalized spacial score (nSPS) is 13.8. The van der Waals surface area contributed by atoms with E-state index in [4.69, 9.17) is 0 Å². The Morgan fingerprint density at radius 1 is 0.484 bits per heavy atom. The molecule has 188 valence electrons. The Kier molecular flexibility index (Phi) is 20.8. The molecule has 0 aromatic carbocycles. The van der Waals surface area contributed by atoms with Crippen molar-refractivity contribution in [1.82, 2.24) is 0 Å². The van der Waals surface area contributed by atoms with Crippen LogP contribution in [0.4, 0.5) is 0 Å². The maximum atomic E-state index is 10.7. The Morgan fingerprint density at radius 3 is 0.871 bits per heavy atom. The molecule has 1 unspecified atom stereocenters. The summed E-state index contributed by atoms with van der Waals surface area (Å²) in [5, 5.41) is 10.7. The third-order valence-electron chi connectivity index (χ3n) is 8.35. The molecule has 0 aliphatic carbocycles. The van der Waals surface area contributed by atoms with Crippen LogP contribution in [0.5, 0.6) is 0 Å². The third-order valence-corrected chi connectivity index (χ3v) is 65.7. The topological polar surface area (TPSA) is 20.2 Å². The van der Waals surface area contributed by atoms with Gasteiger partial charge in [-0.05, 0) is 0 Å². The van der Waals surface area contributed by atoms with Crippen LogP contribution in [0.25, 0.3) is 0 Å². The van der Waals surface area contributed by atoms with Gasteiger partial charge in [0.2, 0.25) is 0 Å². The predicted molar refractivity (Wildman–Crippen MR) is 150 cm³/mol. The fraction of sp³-hybridized carbons (Fsp3) is 1.00. The Labute approximate surface area is 207 Å². The van der Waals surface area contributed by atoms with Crippen molar-refractivity contribution >= 4 is 36.8 Å². The number of hydrogen-bond acceptors (Lipinski definition) is 1. The minimum absolute atomic E-state index is 0.469. The Balaban J connectivity index is 6.62. The van der Waals surface area contributed by atoms with Crippen LogP contribution in [0.2, 0.25) is 28.6 Å². The van der Waals surface area contributed by atoms with Gasteiger partial charge in [-0.3, -0.25) is 0 Å². The molecule has 0 aliphatic heterocycles. The van der Waals surface area contributed by atoms with Crippen LogP contribution in [-0.2, 0) is 0 Å². The Hall–Kier alpha value is 1.56. The summed E-state index contributed by atoms with van der Waals surface area (Å²) in [5.74, 6) is 0.600. The van der Waals surface area contributed by atoms with Gasteiger partial charge in [-0.2, -0.15) is 0 Å². The molecule has 0 saturated carbocycles. The van der Waals surface area contributed by atoms with Crippen molar-refractivity contribution in [2.45, 2.75) is 154 Å². The molecule has 1 atom stereocenters. The number of aliphatic hydroxyl groups excluding tert-OH is 1. The van der Waals surface area contributed by atoms with Gasteiger partial charge in [0.05, 0.1) is 0 Å². The van der Waals surface area contributed by atoms with Crippen molar-refractivity contribution in [2.24, 2.45) is 5.92 Å². The summed E-state index contributed by atoms with van der Waals surface area (Å²) in [6.45, 7) is 17.5. The fourth-order valence-corrected chi connectivity index (χ4v) is 87.2. The zero-order valence-corrected chi connectivity index (χ0v) is 28.7. The van der Waals surface area contributed by atoms with Gasteiger partial charge in [0.1, 0.15) is 0 Å². The summed E-state index contributed by atoms with van der Waals surface area (Å²) in [7, 11) is 0. The molecular formula is C28H62OSn2. The monoisotopic (exact) mass is 654 g/mol. The van der Waals surface area contributed by atoms with Crippen LogP contribution >= 0.6 is 0 Å². The van der Waals surface area contributed by atoms with Gasteiger partial charge in [-0.15, -0.1) is 0 Å². The molecule has 1 nitrogen and oxygen atoms in total. The van der Waals surface area contributed by atoms with Gasteiger partial charge in [-0.1, -0.05) is 0 Å². The molecule has 0 radical (unpaired) electrons. The van der Waals surface area contributed by atoms with Crippen molar-refractivity contribution < 1.29 is 5.11 Å². The van der Waals surface area contributed by atoms with Gasteiger partial charge < -0.3 is 0 Å². The second-order valence-electron chi connectivity index (χ2n) is 11.0. The van der Waals surface area contributed by atoms with E-state index in [0.717, 1.165) is 1.95 Å². The number of hydrogen-bond donors (Lipinski definition) is 1. The van der Waals surface area contributed by atoms with Crippen molar-refractivity contribution in [1.29, 1.82) is 0 Å². The SMILES string of the molecule is CCC[CH2][Sn]([CH2]CCC)([CH2]CCC)[CH](C(C)CO)[Sn]([CH2]CCC)([CH2]CCC)[CH2]CCC. The van der Waals surface area contributed by atoms with Crippen LogP contribution < -0.4 is 0 Å². The van der Waals surface area contributed by atoms with Crippen molar-refractivity contribution in [3.63, 3.8) is 0 Å². The first-order chi connectivity index (χ1) is 15.0. The first-order valence-corrected chi connectivity index (χ1v) is 30.0. The molecule has 0 fully saturated rings. The van der Waals surface area contributed by atoms with Crippen molar-refractivity contribution in [2.75, 3.05) is 6.61 Å². The summed E-state index contributed by atoms with van der Waals surface area (Å²) in [6.07, 6.45) is 17.1. The molecule has 3 heteroatoms. The van der Waals surface area contributed by atoms with E-state index >= 15 is 0 Å². The molecule has 0 heterocycles. The van der Waals surface area contributed by atoms with E-state index in [0.29, 0.717) is 12.5 Å². The van der Waals surface area contributed by atoms with E-state index < -0.39 is 36.8 Å².